The van der Waals surface area contributed by atoms with E-state index in [4.69, 9.17) is 16.8 Å². The van der Waals surface area contributed by atoms with Crippen molar-refractivity contribution in [3.05, 3.63) is 71.4 Å². The van der Waals surface area contributed by atoms with Crippen molar-refractivity contribution in [2.75, 3.05) is 5.32 Å². The molecule has 0 aromatic heterocycles. The monoisotopic (exact) mass is 455 g/mol. The largest absolute Gasteiger partial charge is 0.397 e. The van der Waals surface area contributed by atoms with Gasteiger partial charge in [0.1, 0.15) is 5.92 Å². The van der Waals surface area contributed by atoms with Crippen LogP contribution in [-0.4, -0.2) is 22.0 Å². The Morgan fingerprint density at radius 1 is 1.03 bits per heavy atom. The van der Waals surface area contributed by atoms with E-state index < -0.39 is 17.7 Å². The summed E-state index contributed by atoms with van der Waals surface area (Å²) >= 11 is 0. The number of nitrogens with two attached hydrogens (primary N) is 2. The van der Waals surface area contributed by atoms with Gasteiger partial charge < -0.3 is 16.1 Å². The van der Waals surface area contributed by atoms with Crippen LogP contribution in [-0.2, 0) is 16.1 Å². The van der Waals surface area contributed by atoms with Crippen LogP contribution in [0.4, 0.5) is 5.69 Å². The number of hydrogen-bond donors (Lipinski definition) is 5. The summed E-state index contributed by atoms with van der Waals surface area (Å²) in [5, 5.41) is 13.1. The fourth-order valence-electron chi connectivity index (χ4n) is 3.06. The van der Waals surface area contributed by atoms with Gasteiger partial charge in [0.25, 0.3) is 5.91 Å². The van der Waals surface area contributed by atoms with E-state index in [0.717, 1.165) is 16.7 Å². The van der Waals surface area contributed by atoms with Gasteiger partial charge in [0.05, 0.1) is 12.2 Å². The van der Waals surface area contributed by atoms with E-state index in [1.165, 1.54) is 5.01 Å². The standard InChI is InChI=1S/C23H31N5O3.C2H6/c1-15(2)12-20(23(30)27-31)22(29)26-19-10-6-17(7-11-19)13-28(25)14-21(24)18-8-4-16(3)5-9-18;1-2/h4-11,14-15,20,31H,12-13,24-25H2,1-3H3,(H,26,29)(H,27,30);1-2H3/b21-14-;. The molecule has 0 fully saturated rings. The van der Waals surface area contributed by atoms with Gasteiger partial charge in [-0.05, 0) is 42.5 Å². The summed E-state index contributed by atoms with van der Waals surface area (Å²) in [6.07, 6.45) is 2.00. The molecule has 8 nitrogen and oxygen atoms in total. The molecule has 0 heterocycles. The molecule has 0 aliphatic carbocycles. The second-order valence-electron chi connectivity index (χ2n) is 7.97. The van der Waals surface area contributed by atoms with E-state index in [9.17, 15) is 9.59 Å². The molecule has 0 saturated carbocycles. The summed E-state index contributed by atoms with van der Waals surface area (Å²) in [5.74, 6) is 4.02. The van der Waals surface area contributed by atoms with E-state index in [2.05, 4.69) is 5.32 Å². The zero-order valence-corrected chi connectivity index (χ0v) is 20.1. The highest BCUT2D eigenvalue weighted by Gasteiger charge is 2.27. The number of carbonyl (C=O) groups excluding carboxylic acids is 2. The molecule has 0 saturated heterocycles. The Labute approximate surface area is 196 Å². The maximum absolute atomic E-state index is 12.5. The Morgan fingerprint density at radius 3 is 2.12 bits per heavy atom. The number of benzene rings is 2. The van der Waals surface area contributed by atoms with E-state index in [0.29, 0.717) is 24.4 Å². The minimum atomic E-state index is -0.973. The number of hydrogen-bond acceptors (Lipinski definition) is 6. The van der Waals surface area contributed by atoms with Gasteiger partial charge in [-0.15, -0.1) is 0 Å². The average molecular weight is 456 g/mol. The van der Waals surface area contributed by atoms with Gasteiger partial charge in [-0.1, -0.05) is 69.7 Å². The average Bonchev–Trinajstić information content (AvgIpc) is 2.79. The van der Waals surface area contributed by atoms with Crippen molar-refractivity contribution in [3.63, 3.8) is 0 Å². The van der Waals surface area contributed by atoms with Crippen LogP contribution in [0.5, 0.6) is 0 Å². The lowest BCUT2D eigenvalue weighted by Gasteiger charge is -2.18. The van der Waals surface area contributed by atoms with Crippen LogP contribution in [0, 0.1) is 18.8 Å². The van der Waals surface area contributed by atoms with Crippen LogP contribution in [0.1, 0.15) is 50.8 Å². The molecule has 2 amide bonds. The molecular weight excluding hydrogens is 418 g/mol. The number of hydrazine groups is 1. The first-order valence-corrected chi connectivity index (χ1v) is 11.1. The zero-order chi connectivity index (χ0) is 25.0. The van der Waals surface area contributed by atoms with Gasteiger partial charge in [-0.3, -0.25) is 14.8 Å². The normalized spacial score (nSPS) is 11.8. The smallest absolute Gasteiger partial charge is 0.255 e. The topological polar surface area (TPSA) is 134 Å². The predicted octanol–water partition coefficient (Wildman–Crippen LogP) is 3.76. The van der Waals surface area contributed by atoms with Crippen molar-refractivity contribution in [1.82, 2.24) is 10.5 Å². The molecule has 0 radical (unpaired) electrons. The molecule has 33 heavy (non-hydrogen) atoms. The Kier molecular flexibility index (Phi) is 11.7. The van der Waals surface area contributed by atoms with Gasteiger partial charge in [-0.2, -0.15) is 0 Å². The third-order valence-corrected chi connectivity index (χ3v) is 4.73. The Morgan fingerprint density at radius 2 is 1.61 bits per heavy atom. The lowest BCUT2D eigenvalue weighted by atomic mass is 9.95. The molecular formula is C25H37N5O3. The molecule has 0 aliphatic heterocycles. The summed E-state index contributed by atoms with van der Waals surface area (Å²) in [4.78, 5) is 24.3. The molecule has 0 aliphatic rings. The molecule has 180 valence electrons. The number of aryl methyl sites for hydroxylation is 1. The molecule has 2 aromatic rings. The Bertz CT molecular complexity index is 909. The van der Waals surface area contributed by atoms with Gasteiger partial charge in [0, 0.05) is 11.9 Å². The molecule has 8 heteroatoms. The van der Waals surface area contributed by atoms with E-state index >= 15 is 0 Å². The lowest BCUT2D eigenvalue weighted by Crippen LogP contribution is -2.37. The minimum absolute atomic E-state index is 0.117. The summed E-state index contributed by atoms with van der Waals surface area (Å²) < 4.78 is 0. The first-order valence-electron chi connectivity index (χ1n) is 11.1. The van der Waals surface area contributed by atoms with Crippen LogP contribution in [0.15, 0.2) is 54.7 Å². The van der Waals surface area contributed by atoms with Gasteiger partial charge in [-0.25, -0.2) is 11.3 Å². The molecule has 2 aromatic carbocycles. The number of nitrogens with one attached hydrogen (secondary N) is 2. The van der Waals surface area contributed by atoms with Crippen molar-refractivity contribution >= 4 is 23.2 Å². The fourth-order valence-corrected chi connectivity index (χ4v) is 3.06. The van der Waals surface area contributed by atoms with Crippen molar-refractivity contribution in [1.29, 1.82) is 0 Å². The van der Waals surface area contributed by atoms with Crippen LogP contribution in [0.3, 0.4) is 0 Å². The molecule has 7 N–H and O–H groups in total. The third kappa shape index (κ3) is 9.34. The molecule has 0 bridgehead atoms. The first-order chi connectivity index (χ1) is 15.7. The summed E-state index contributed by atoms with van der Waals surface area (Å²) in [6.45, 7) is 10.2. The molecule has 0 spiro atoms. The quantitative estimate of drug-likeness (QED) is 0.169. The van der Waals surface area contributed by atoms with Crippen molar-refractivity contribution in [2.45, 2.75) is 47.6 Å². The Balaban J connectivity index is 0.00000265. The fraction of sp³-hybridized carbons (Fsp3) is 0.360. The summed E-state index contributed by atoms with van der Waals surface area (Å²) in [6, 6.07) is 15.0. The number of carbonyl (C=O) groups is 2. The second kappa shape index (κ2) is 13.9. The number of anilines is 1. The maximum Gasteiger partial charge on any atom is 0.255 e. The van der Waals surface area contributed by atoms with Crippen molar-refractivity contribution in [3.8, 4) is 0 Å². The number of amides is 2. The number of nitrogens with zero attached hydrogens (tertiary/aromatic N) is 1. The van der Waals surface area contributed by atoms with Gasteiger partial charge in [0.2, 0.25) is 5.91 Å². The first kappa shape index (κ1) is 27.7. The molecule has 1 unspecified atom stereocenters. The SMILES string of the molecule is CC.Cc1ccc(/C(N)=C/N(N)Cc2ccc(NC(=O)C(CC(C)C)C(=O)NO)cc2)cc1. The highest BCUT2D eigenvalue weighted by Crippen LogP contribution is 2.17. The zero-order valence-electron chi connectivity index (χ0n) is 20.1. The predicted molar refractivity (Wildman–Crippen MR) is 132 cm³/mol. The summed E-state index contributed by atoms with van der Waals surface area (Å²) in [5.41, 5.74) is 11.8. The minimum Gasteiger partial charge on any atom is -0.397 e. The van der Waals surface area contributed by atoms with Crippen LogP contribution < -0.4 is 22.4 Å². The van der Waals surface area contributed by atoms with Crippen molar-refractivity contribution in [2.24, 2.45) is 23.4 Å². The van der Waals surface area contributed by atoms with Gasteiger partial charge in [0.15, 0.2) is 0 Å². The molecule has 1 atom stereocenters. The van der Waals surface area contributed by atoms with Crippen LogP contribution in [0.2, 0.25) is 0 Å². The second-order valence-corrected chi connectivity index (χ2v) is 7.97. The van der Waals surface area contributed by atoms with Crippen LogP contribution >= 0.6 is 0 Å². The molecule has 2 rings (SSSR count). The van der Waals surface area contributed by atoms with E-state index in [1.54, 1.807) is 23.8 Å². The highest BCUT2D eigenvalue weighted by molar-refractivity contribution is 6.06. The Hall–Kier alpha value is -3.36. The third-order valence-electron chi connectivity index (χ3n) is 4.73. The number of rotatable bonds is 9. The van der Waals surface area contributed by atoms with Gasteiger partial charge >= 0.3 is 0 Å². The van der Waals surface area contributed by atoms with Crippen LogP contribution in [0.25, 0.3) is 5.70 Å². The highest BCUT2D eigenvalue weighted by atomic mass is 16.5. The van der Waals surface area contributed by atoms with E-state index in [1.807, 2.05) is 71.0 Å². The summed E-state index contributed by atoms with van der Waals surface area (Å²) in [7, 11) is 0. The maximum atomic E-state index is 12.5. The van der Waals surface area contributed by atoms with E-state index in [-0.39, 0.29) is 5.92 Å². The lowest BCUT2D eigenvalue weighted by molar-refractivity contribution is -0.139. The number of hydroxylamine groups is 1. The van der Waals surface area contributed by atoms with Crippen molar-refractivity contribution < 1.29 is 14.8 Å².